The SMILES string of the molecule is CC(C)NC(=O)c1ccc(NC(=O)N(C)C2CCC(CO)CC2)cc1. The molecule has 0 unspecified atom stereocenters. The number of nitrogens with one attached hydrogen (secondary N) is 2. The predicted molar refractivity (Wildman–Crippen MR) is 98.7 cm³/mol. The molecule has 1 aromatic rings. The minimum absolute atomic E-state index is 0.0847. The summed E-state index contributed by atoms with van der Waals surface area (Å²) in [7, 11) is 1.81. The Hall–Kier alpha value is -2.08. The average Bonchev–Trinajstić information content (AvgIpc) is 2.61. The zero-order valence-corrected chi connectivity index (χ0v) is 15.3. The third-order valence-electron chi connectivity index (χ3n) is 4.76. The molecule has 1 saturated carbocycles. The lowest BCUT2D eigenvalue weighted by Crippen LogP contribution is -2.42. The van der Waals surface area contributed by atoms with Crippen LogP contribution < -0.4 is 10.6 Å². The minimum Gasteiger partial charge on any atom is -0.396 e. The first-order valence-corrected chi connectivity index (χ1v) is 8.96. The number of rotatable bonds is 5. The van der Waals surface area contributed by atoms with E-state index in [0.717, 1.165) is 25.7 Å². The fourth-order valence-electron chi connectivity index (χ4n) is 3.14. The van der Waals surface area contributed by atoms with Gasteiger partial charge in [0, 0.05) is 37.0 Å². The molecule has 0 heterocycles. The van der Waals surface area contributed by atoms with Crippen molar-refractivity contribution in [1.82, 2.24) is 10.2 Å². The van der Waals surface area contributed by atoms with Crippen molar-refractivity contribution in [3.63, 3.8) is 0 Å². The summed E-state index contributed by atoms with van der Waals surface area (Å²) in [5.41, 5.74) is 1.24. The Morgan fingerprint density at radius 3 is 2.28 bits per heavy atom. The van der Waals surface area contributed by atoms with Gasteiger partial charge >= 0.3 is 6.03 Å². The highest BCUT2D eigenvalue weighted by atomic mass is 16.3. The van der Waals surface area contributed by atoms with Gasteiger partial charge in [-0.25, -0.2) is 4.79 Å². The van der Waals surface area contributed by atoms with Gasteiger partial charge in [-0.2, -0.15) is 0 Å². The third-order valence-corrected chi connectivity index (χ3v) is 4.76. The number of aliphatic hydroxyl groups is 1. The van der Waals surface area contributed by atoms with Gasteiger partial charge < -0.3 is 20.6 Å². The highest BCUT2D eigenvalue weighted by molar-refractivity contribution is 5.95. The van der Waals surface area contributed by atoms with E-state index in [2.05, 4.69) is 10.6 Å². The summed E-state index contributed by atoms with van der Waals surface area (Å²) in [6.45, 7) is 4.06. The van der Waals surface area contributed by atoms with Gasteiger partial charge in [-0.15, -0.1) is 0 Å². The van der Waals surface area contributed by atoms with Gasteiger partial charge in [-0.1, -0.05) is 0 Å². The number of nitrogens with zero attached hydrogens (tertiary/aromatic N) is 1. The van der Waals surface area contributed by atoms with E-state index in [1.807, 2.05) is 20.9 Å². The minimum atomic E-state index is -0.146. The van der Waals surface area contributed by atoms with Crippen LogP contribution >= 0.6 is 0 Å². The van der Waals surface area contributed by atoms with Crippen molar-refractivity contribution in [1.29, 1.82) is 0 Å². The molecule has 0 aromatic heterocycles. The lowest BCUT2D eigenvalue weighted by atomic mass is 9.86. The molecule has 1 fully saturated rings. The summed E-state index contributed by atoms with van der Waals surface area (Å²) in [6, 6.07) is 7.04. The molecule has 3 N–H and O–H groups in total. The van der Waals surface area contributed by atoms with E-state index in [4.69, 9.17) is 0 Å². The molecule has 0 atom stereocenters. The summed E-state index contributed by atoms with van der Waals surface area (Å²) in [6.07, 6.45) is 3.75. The quantitative estimate of drug-likeness (QED) is 0.766. The van der Waals surface area contributed by atoms with Crippen molar-refractivity contribution in [3.8, 4) is 0 Å². The van der Waals surface area contributed by atoms with Gasteiger partial charge in [-0.05, 0) is 69.7 Å². The van der Waals surface area contributed by atoms with Crippen LogP contribution in [0.25, 0.3) is 0 Å². The number of benzene rings is 1. The fourth-order valence-corrected chi connectivity index (χ4v) is 3.14. The molecule has 0 aliphatic heterocycles. The smallest absolute Gasteiger partial charge is 0.321 e. The van der Waals surface area contributed by atoms with Crippen LogP contribution in [0.4, 0.5) is 10.5 Å². The van der Waals surface area contributed by atoms with Crippen LogP contribution in [0.2, 0.25) is 0 Å². The summed E-state index contributed by atoms with van der Waals surface area (Å²) in [5, 5.41) is 14.9. The number of urea groups is 1. The number of anilines is 1. The highest BCUT2D eigenvalue weighted by Crippen LogP contribution is 2.27. The highest BCUT2D eigenvalue weighted by Gasteiger charge is 2.26. The molecule has 138 valence electrons. The standard InChI is InChI=1S/C19H29N3O3/c1-13(2)20-18(24)15-6-8-16(9-7-15)21-19(25)22(3)17-10-4-14(12-23)5-11-17/h6-9,13-14,17,23H,4-5,10-12H2,1-3H3,(H,20,24)(H,21,25). The van der Waals surface area contributed by atoms with Crippen LogP contribution in [0.5, 0.6) is 0 Å². The largest absolute Gasteiger partial charge is 0.396 e. The van der Waals surface area contributed by atoms with E-state index in [1.54, 1.807) is 29.2 Å². The Morgan fingerprint density at radius 2 is 1.76 bits per heavy atom. The first-order chi connectivity index (χ1) is 11.9. The van der Waals surface area contributed by atoms with E-state index in [1.165, 1.54) is 0 Å². The van der Waals surface area contributed by atoms with Gasteiger partial charge in [0.15, 0.2) is 0 Å². The molecule has 0 spiro atoms. The molecular formula is C19H29N3O3. The molecule has 2 rings (SSSR count). The monoisotopic (exact) mass is 347 g/mol. The fraction of sp³-hybridized carbons (Fsp3) is 0.579. The maximum absolute atomic E-state index is 12.4. The van der Waals surface area contributed by atoms with Crippen LogP contribution in [-0.4, -0.2) is 47.7 Å². The molecule has 0 bridgehead atoms. The topological polar surface area (TPSA) is 81.7 Å². The van der Waals surface area contributed by atoms with Gasteiger partial charge in [-0.3, -0.25) is 4.79 Å². The number of carbonyl (C=O) groups is 2. The summed E-state index contributed by atoms with van der Waals surface area (Å²) in [4.78, 5) is 26.1. The number of carbonyl (C=O) groups excluding carboxylic acids is 2. The molecule has 1 aliphatic carbocycles. The second-order valence-electron chi connectivity index (χ2n) is 7.10. The maximum Gasteiger partial charge on any atom is 0.321 e. The molecular weight excluding hydrogens is 318 g/mol. The molecule has 1 aromatic carbocycles. The van der Waals surface area contributed by atoms with Crippen LogP contribution in [0.1, 0.15) is 49.9 Å². The summed E-state index contributed by atoms with van der Waals surface area (Å²) in [5.74, 6) is 0.253. The molecule has 3 amide bonds. The molecule has 0 saturated heterocycles. The van der Waals surface area contributed by atoms with Crippen molar-refractivity contribution in [2.24, 2.45) is 5.92 Å². The normalized spacial score (nSPS) is 20.2. The van der Waals surface area contributed by atoms with E-state index >= 15 is 0 Å². The van der Waals surface area contributed by atoms with Crippen LogP contribution in [0.15, 0.2) is 24.3 Å². The lowest BCUT2D eigenvalue weighted by Gasteiger charge is -2.34. The predicted octanol–water partition coefficient (Wildman–Crippen LogP) is 2.84. The van der Waals surface area contributed by atoms with Gasteiger partial charge in [0.25, 0.3) is 5.91 Å². The van der Waals surface area contributed by atoms with Crippen molar-refractivity contribution in [3.05, 3.63) is 29.8 Å². The summed E-state index contributed by atoms with van der Waals surface area (Å²) >= 11 is 0. The maximum atomic E-state index is 12.4. The van der Waals surface area contributed by atoms with Crippen LogP contribution in [-0.2, 0) is 0 Å². The first-order valence-electron chi connectivity index (χ1n) is 8.96. The van der Waals surface area contributed by atoms with Crippen LogP contribution in [0.3, 0.4) is 0 Å². The lowest BCUT2D eigenvalue weighted by molar-refractivity contribution is 0.0943. The van der Waals surface area contributed by atoms with E-state index in [0.29, 0.717) is 17.2 Å². The molecule has 6 nitrogen and oxygen atoms in total. The molecule has 6 heteroatoms. The number of amides is 3. The van der Waals surface area contributed by atoms with Crippen molar-refractivity contribution >= 4 is 17.6 Å². The molecule has 0 radical (unpaired) electrons. The zero-order chi connectivity index (χ0) is 18.4. The zero-order valence-electron chi connectivity index (χ0n) is 15.3. The Kier molecular flexibility index (Phi) is 6.82. The Bertz CT molecular complexity index is 578. The van der Waals surface area contributed by atoms with Crippen molar-refractivity contribution < 1.29 is 14.7 Å². The van der Waals surface area contributed by atoms with E-state index < -0.39 is 0 Å². The van der Waals surface area contributed by atoms with Crippen molar-refractivity contribution in [2.75, 3.05) is 19.0 Å². The second kappa shape index (κ2) is 8.85. The summed E-state index contributed by atoms with van der Waals surface area (Å²) < 4.78 is 0. The van der Waals surface area contributed by atoms with Crippen molar-refractivity contribution in [2.45, 2.75) is 51.6 Å². The van der Waals surface area contributed by atoms with Crippen LogP contribution in [0, 0.1) is 5.92 Å². The van der Waals surface area contributed by atoms with E-state index in [9.17, 15) is 14.7 Å². The van der Waals surface area contributed by atoms with Gasteiger partial charge in [0.05, 0.1) is 0 Å². The Labute approximate surface area is 149 Å². The third kappa shape index (κ3) is 5.46. The Balaban J connectivity index is 1.88. The van der Waals surface area contributed by atoms with Gasteiger partial charge in [0.2, 0.25) is 0 Å². The first kappa shape index (κ1) is 19.2. The molecule has 25 heavy (non-hydrogen) atoms. The number of hydrogen-bond acceptors (Lipinski definition) is 3. The molecule has 1 aliphatic rings. The second-order valence-corrected chi connectivity index (χ2v) is 7.10. The van der Waals surface area contributed by atoms with Gasteiger partial charge in [0.1, 0.15) is 0 Å². The Morgan fingerprint density at radius 1 is 1.16 bits per heavy atom. The number of aliphatic hydroxyl groups excluding tert-OH is 1. The van der Waals surface area contributed by atoms with E-state index in [-0.39, 0.29) is 30.6 Å². The average molecular weight is 347 g/mol. The number of hydrogen-bond donors (Lipinski definition) is 3.